The highest BCUT2D eigenvalue weighted by Gasteiger charge is 2.37. The number of carbonyl (C=O) groups is 1. The average molecular weight is 277 g/mol. The van der Waals surface area contributed by atoms with Gasteiger partial charge in [-0.15, -0.1) is 0 Å². The largest absolute Gasteiger partial charge is 0.480 e. The van der Waals surface area contributed by atoms with E-state index >= 15 is 0 Å². The molecule has 104 valence electrons. The minimum Gasteiger partial charge on any atom is -0.480 e. The van der Waals surface area contributed by atoms with Crippen LogP contribution in [0.15, 0.2) is 0 Å². The molecule has 2 aliphatic rings. The number of nitrogens with zero attached hydrogens (tertiary/aromatic N) is 2. The molecule has 0 spiro atoms. The number of hydrogen-bond acceptors (Lipinski definition) is 4. The number of hydrogen-bond donors (Lipinski definition) is 2. The summed E-state index contributed by atoms with van der Waals surface area (Å²) in [5, 5.41) is 14.2. The lowest BCUT2D eigenvalue weighted by Crippen LogP contribution is -2.51. The van der Waals surface area contributed by atoms with Gasteiger partial charge in [-0.25, -0.2) is 5.14 Å². The third kappa shape index (κ3) is 2.82. The molecule has 3 N–H and O–H groups in total. The topological polar surface area (TPSA) is 104 Å². The first-order valence-electron chi connectivity index (χ1n) is 6.16. The van der Waals surface area contributed by atoms with Crippen LogP contribution >= 0.6 is 0 Å². The first-order valence-corrected chi connectivity index (χ1v) is 7.66. The van der Waals surface area contributed by atoms with Crippen LogP contribution < -0.4 is 5.14 Å². The van der Waals surface area contributed by atoms with Gasteiger partial charge in [-0.05, 0) is 32.2 Å². The second-order valence-corrected chi connectivity index (χ2v) is 6.46. The zero-order valence-corrected chi connectivity index (χ0v) is 11.0. The lowest BCUT2D eigenvalue weighted by molar-refractivity contribution is -0.143. The van der Waals surface area contributed by atoms with Crippen molar-refractivity contribution >= 4 is 16.2 Å². The molecule has 18 heavy (non-hydrogen) atoms. The van der Waals surface area contributed by atoms with Gasteiger partial charge < -0.3 is 5.11 Å². The molecule has 0 bridgehead atoms. The third-order valence-electron chi connectivity index (χ3n) is 3.83. The van der Waals surface area contributed by atoms with Gasteiger partial charge in [0.05, 0.1) is 0 Å². The summed E-state index contributed by atoms with van der Waals surface area (Å²) in [4.78, 5) is 13.1. The molecule has 2 heterocycles. The number of carboxylic acids is 1. The van der Waals surface area contributed by atoms with Crippen molar-refractivity contribution in [2.45, 2.75) is 37.8 Å². The normalized spacial score (nSPS) is 28.6. The molecule has 1 atom stereocenters. The fraction of sp³-hybridized carbons (Fsp3) is 0.900. The molecule has 0 radical (unpaired) electrons. The van der Waals surface area contributed by atoms with E-state index in [1.165, 1.54) is 4.31 Å². The first-order chi connectivity index (χ1) is 8.39. The summed E-state index contributed by atoms with van der Waals surface area (Å²) in [5.74, 6) is -0.777. The summed E-state index contributed by atoms with van der Waals surface area (Å²) >= 11 is 0. The molecule has 8 heteroatoms. The van der Waals surface area contributed by atoms with Crippen LogP contribution in [-0.4, -0.2) is 60.4 Å². The van der Waals surface area contributed by atoms with Crippen LogP contribution in [0.25, 0.3) is 0 Å². The van der Waals surface area contributed by atoms with Gasteiger partial charge >= 0.3 is 5.97 Å². The van der Waals surface area contributed by atoms with Crippen LogP contribution in [0.4, 0.5) is 0 Å². The molecule has 2 fully saturated rings. The monoisotopic (exact) mass is 277 g/mol. The molecule has 0 saturated carbocycles. The summed E-state index contributed by atoms with van der Waals surface area (Å²) in [6, 6.07) is -0.248. The number of aliphatic carboxylic acids is 1. The van der Waals surface area contributed by atoms with Gasteiger partial charge in [0, 0.05) is 19.1 Å². The van der Waals surface area contributed by atoms with E-state index in [4.69, 9.17) is 10.2 Å². The van der Waals surface area contributed by atoms with E-state index in [9.17, 15) is 13.2 Å². The van der Waals surface area contributed by atoms with Gasteiger partial charge in [-0.3, -0.25) is 9.69 Å². The molecular formula is C10H19N3O4S. The second kappa shape index (κ2) is 5.12. The fourth-order valence-electron chi connectivity index (χ4n) is 2.92. The van der Waals surface area contributed by atoms with Crippen molar-refractivity contribution < 1.29 is 18.3 Å². The number of nitrogens with two attached hydrogens (primary N) is 1. The van der Waals surface area contributed by atoms with E-state index in [1.807, 2.05) is 4.90 Å². The van der Waals surface area contributed by atoms with Crippen LogP contribution in [0.2, 0.25) is 0 Å². The predicted octanol–water partition coefficient (Wildman–Crippen LogP) is -0.797. The smallest absolute Gasteiger partial charge is 0.320 e. The molecule has 2 saturated heterocycles. The van der Waals surface area contributed by atoms with Crippen molar-refractivity contribution in [1.82, 2.24) is 9.21 Å². The molecule has 2 aliphatic heterocycles. The Bertz CT molecular complexity index is 417. The zero-order valence-electron chi connectivity index (χ0n) is 10.2. The van der Waals surface area contributed by atoms with Crippen molar-refractivity contribution in [1.29, 1.82) is 0 Å². The Labute approximate surface area is 107 Å². The van der Waals surface area contributed by atoms with E-state index in [-0.39, 0.29) is 6.04 Å². The lowest BCUT2D eigenvalue weighted by Gasteiger charge is -2.37. The molecular weight excluding hydrogens is 258 g/mol. The summed E-state index contributed by atoms with van der Waals surface area (Å²) in [5.41, 5.74) is 0. The Morgan fingerprint density at radius 2 is 1.78 bits per heavy atom. The zero-order chi connectivity index (χ0) is 13.3. The van der Waals surface area contributed by atoms with E-state index in [1.54, 1.807) is 0 Å². The van der Waals surface area contributed by atoms with Gasteiger partial charge in [-0.1, -0.05) is 0 Å². The fourth-order valence-corrected chi connectivity index (χ4v) is 3.64. The predicted molar refractivity (Wildman–Crippen MR) is 65.1 cm³/mol. The lowest BCUT2D eigenvalue weighted by atomic mass is 10.0. The number of piperidine rings is 1. The summed E-state index contributed by atoms with van der Waals surface area (Å²) in [6.45, 7) is 1.55. The number of likely N-dealkylation sites (tertiary alicyclic amines) is 1. The van der Waals surface area contributed by atoms with Crippen molar-refractivity contribution in [2.75, 3.05) is 19.6 Å². The van der Waals surface area contributed by atoms with Gasteiger partial charge in [0.2, 0.25) is 0 Å². The van der Waals surface area contributed by atoms with Crippen molar-refractivity contribution in [2.24, 2.45) is 5.14 Å². The Morgan fingerprint density at radius 1 is 1.17 bits per heavy atom. The first kappa shape index (κ1) is 13.7. The molecule has 0 aromatic rings. The Kier molecular flexibility index (Phi) is 3.90. The van der Waals surface area contributed by atoms with Crippen LogP contribution in [0.3, 0.4) is 0 Å². The standard InChI is InChI=1S/C10H19N3O4S/c11-18(16,17)12-6-3-8(4-7-12)13-5-1-2-9(13)10(14)15/h8-9H,1-7H2,(H,14,15)(H2,11,16,17). The maximum atomic E-state index is 11.2. The maximum absolute atomic E-state index is 11.2. The second-order valence-electron chi connectivity index (χ2n) is 4.91. The highest BCUT2D eigenvalue weighted by molar-refractivity contribution is 7.86. The Balaban J connectivity index is 1.95. The molecule has 0 amide bonds. The average Bonchev–Trinajstić information content (AvgIpc) is 2.77. The molecule has 1 unspecified atom stereocenters. The molecule has 0 aliphatic carbocycles. The minimum absolute atomic E-state index is 0.159. The van der Waals surface area contributed by atoms with Crippen molar-refractivity contribution in [3.63, 3.8) is 0 Å². The summed E-state index contributed by atoms with van der Waals surface area (Å²) < 4.78 is 23.6. The Hall–Kier alpha value is -0.700. The molecule has 2 rings (SSSR count). The van der Waals surface area contributed by atoms with Gasteiger partial charge in [0.25, 0.3) is 10.2 Å². The number of rotatable bonds is 3. The SMILES string of the molecule is NS(=O)(=O)N1CCC(N2CCCC2C(=O)O)CC1. The van der Waals surface area contributed by atoms with Gasteiger partial charge in [0.1, 0.15) is 6.04 Å². The molecule has 0 aromatic carbocycles. The highest BCUT2D eigenvalue weighted by Crippen LogP contribution is 2.26. The van der Waals surface area contributed by atoms with Crippen LogP contribution in [0, 0.1) is 0 Å². The molecule has 7 nitrogen and oxygen atoms in total. The summed E-state index contributed by atoms with van der Waals surface area (Å²) in [6.07, 6.45) is 2.89. The van der Waals surface area contributed by atoms with Crippen molar-refractivity contribution in [3.05, 3.63) is 0 Å². The van der Waals surface area contributed by atoms with E-state index in [0.29, 0.717) is 32.4 Å². The quantitative estimate of drug-likeness (QED) is 0.703. The van der Waals surface area contributed by atoms with E-state index < -0.39 is 22.2 Å². The van der Waals surface area contributed by atoms with E-state index in [2.05, 4.69) is 0 Å². The van der Waals surface area contributed by atoms with Crippen LogP contribution in [0.5, 0.6) is 0 Å². The van der Waals surface area contributed by atoms with Crippen molar-refractivity contribution in [3.8, 4) is 0 Å². The van der Waals surface area contributed by atoms with Gasteiger partial charge in [0.15, 0.2) is 0 Å². The maximum Gasteiger partial charge on any atom is 0.320 e. The molecule has 0 aromatic heterocycles. The minimum atomic E-state index is -3.60. The van der Waals surface area contributed by atoms with Crippen LogP contribution in [-0.2, 0) is 15.0 Å². The van der Waals surface area contributed by atoms with E-state index in [0.717, 1.165) is 13.0 Å². The van der Waals surface area contributed by atoms with Gasteiger partial charge in [-0.2, -0.15) is 12.7 Å². The third-order valence-corrected chi connectivity index (χ3v) is 4.92. The van der Waals surface area contributed by atoms with Crippen LogP contribution in [0.1, 0.15) is 25.7 Å². The highest BCUT2D eigenvalue weighted by atomic mass is 32.2. The summed E-state index contributed by atoms with van der Waals surface area (Å²) in [7, 11) is -3.60. The Morgan fingerprint density at radius 3 is 2.28 bits per heavy atom. The number of carboxylic acid groups (broad SMARTS) is 1.